The molecular weight excluding hydrogens is 566 g/mol. The Kier molecular flexibility index (Phi) is 10.5. The number of fused-ring (bicyclic) bond motifs is 9. The molecule has 6 rings (SSSR count). The second-order valence-corrected chi connectivity index (χ2v) is 10.9. The van der Waals surface area contributed by atoms with Crippen LogP contribution in [0.2, 0.25) is 0 Å². The summed E-state index contributed by atoms with van der Waals surface area (Å²) in [5, 5.41) is 3.07. The number of furan rings is 1. The zero-order chi connectivity index (χ0) is 30.9. The summed E-state index contributed by atoms with van der Waals surface area (Å²) in [5.74, 6) is 1.27. The van der Waals surface area contributed by atoms with Gasteiger partial charge in [-0.05, 0) is 66.8 Å². The second kappa shape index (κ2) is 14.9. The lowest BCUT2D eigenvalue weighted by Gasteiger charge is -2.38. The maximum atomic E-state index is 13.4. The number of hydrogen-bond acceptors (Lipinski definition) is 8. The first-order chi connectivity index (χ1) is 21.4. The lowest BCUT2D eigenvalue weighted by Crippen LogP contribution is -2.58. The number of likely N-dealkylation sites (tertiary alicyclic amines) is 1. The predicted octanol–water partition coefficient (Wildman–Crippen LogP) is 3.81. The third-order valence-electron chi connectivity index (χ3n) is 7.82. The molecule has 11 nitrogen and oxygen atoms in total. The predicted molar refractivity (Wildman–Crippen MR) is 161 cm³/mol. The van der Waals surface area contributed by atoms with Gasteiger partial charge in [-0.25, -0.2) is 0 Å². The van der Waals surface area contributed by atoms with Crippen LogP contribution in [0.1, 0.15) is 40.9 Å². The van der Waals surface area contributed by atoms with Crippen LogP contribution in [0, 0.1) is 0 Å². The molecule has 0 spiro atoms. The van der Waals surface area contributed by atoms with E-state index in [0.29, 0.717) is 56.2 Å². The molecule has 0 saturated carbocycles. The Morgan fingerprint density at radius 1 is 1.05 bits per heavy atom. The smallest absolute Gasteiger partial charge is 0.289 e. The first kappa shape index (κ1) is 31.1. The highest BCUT2D eigenvalue weighted by atomic mass is 16.5. The minimum atomic E-state index is -0.493. The van der Waals surface area contributed by atoms with E-state index < -0.39 is 6.04 Å². The van der Waals surface area contributed by atoms with E-state index in [0.717, 1.165) is 11.1 Å². The summed E-state index contributed by atoms with van der Waals surface area (Å²) in [6.45, 7) is 1.68. The van der Waals surface area contributed by atoms with Crippen molar-refractivity contribution in [2.24, 2.45) is 0 Å². The Labute approximate surface area is 257 Å². The largest absolute Gasteiger partial charge is 0.493 e. The Hall–Kier alpha value is -4.35. The molecule has 234 valence electrons. The van der Waals surface area contributed by atoms with Gasteiger partial charge in [-0.1, -0.05) is 18.2 Å². The number of carbonyl (C=O) groups excluding carboxylic acids is 3. The van der Waals surface area contributed by atoms with Crippen LogP contribution in [0.5, 0.6) is 17.2 Å². The molecule has 3 amide bonds. The molecule has 0 aliphatic carbocycles. The molecule has 3 aliphatic rings. The van der Waals surface area contributed by atoms with Crippen molar-refractivity contribution in [2.45, 2.75) is 44.4 Å². The molecule has 2 aromatic carbocycles. The number of aryl methyl sites for hydroxylation is 1. The maximum Gasteiger partial charge on any atom is 0.289 e. The van der Waals surface area contributed by atoms with E-state index in [1.165, 1.54) is 6.26 Å². The van der Waals surface area contributed by atoms with E-state index >= 15 is 0 Å². The summed E-state index contributed by atoms with van der Waals surface area (Å²) in [6, 6.07) is 16.0. The van der Waals surface area contributed by atoms with Crippen molar-refractivity contribution >= 4 is 17.7 Å². The SMILES string of the molecule is COCCCN1CC(=O)N[C@H]2CN(C(=O)c3ccco3)CC[C@H]2OCc2cccc(c2)Oc2ccc(cc2OC)CCC1=O. The fourth-order valence-corrected chi connectivity index (χ4v) is 5.52. The summed E-state index contributed by atoms with van der Waals surface area (Å²) in [4.78, 5) is 43.1. The van der Waals surface area contributed by atoms with E-state index in [-0.39, 0.29) is 55.7 Å². The van der Waals surface area contributed by atoms with Gasteiger partial charge in [0.25, 0.3) is 5.91 Å². The third-order valence-corrected chi connectivity index (χ3v) is 7.82. The zero-order valence-corrected chi connectivity index (χ0v) is 25.2. The van der Waals surface area contributed by atoms with Gasteiger partial charge in [-0.3, -0.25) is 14.4 Å². The van der Waals surface area contributed by atoms with E-state index in [1.54, 1.807) is 36.2 Å². The fourth-order valence-electron chi connectivity index (χ4n) is 5.52. The monoisotopic (exact) mass is 605 g/mol. The third kappa shape index (κ3) is 7.97. The maximum absolute atomic E-state index is 13.4. The van der Waals surface area contributed by atoms with Gasteiger partial charge in [0.2, 0.25) is 11.8 Å². The molecule has 44 heavy (non-hydrogen) atoms. The number of ether oxygens (including phenoxy) is 4. The van der Waals surface area contributed by atoms with Crippen molar-refractivity contribution in [3.8, 4) is 17.2 Å². The van der Waals surface area contributed by atoms with Crippen molar-refractivity contribution < 1.29 is 37.7 Å². The van der Waals surface area contributed by atoms with Crippen molar-refractivity contribution in [2.75, 3.05) is 47.0 Å². The molecule has 4 heterocycles. The van der Waals surface area contributed by atoms with Gasteiger partial charge in [0.1, 0.15) is 5.75 Å². The van der Waals surface area contributed by atoms with E-state index in [9.17, 15) is 14.4 Å². The Bertz CT molecular complexity index is 1430. The molecule has 2 atom stereocenters. The average molecular weight is 606 g/mol. The van der Waals surface area contributed by atoms with Crippen LogP contribution in [-0.4, -0.2) is 86.7 Å². The highest BCUT2D eigenvalue weighted by molar-refractivity contribution is 5.91. The first-order valence-electron chi connectivity index (χ1n) is 14.9. The molecule has 3 aromatic rings. The second-order valence-electron chi connectivity index (χ2n) is 10.9. The van der Waals surface area contributed by atoms with Crippen LogP contribution in [0.15, 0.2) is 65.3 Å². The summed E-state index contributed by atoms with van der Waals surface area (Å²) < 4.78 is 28.6. The molecule has 3 aliphatic heterocycles. The summed E-state index contributed by atoms with van der Waals surface area (Å²) in [7, 11) is 3.18. The van der Waals surface area contributed by atoms with Gasteiger partial charge in [0, 0.05) is 39.8 Å². The summed E-state index contributed by atoms with van der Waals surface area (Å²) >= 11 is 0. The molecule has 1 fully saturated rings. The molecule has 1 saturated heterocycles. The first-order valence-corrected chi connectivity index (χ1v) is 14.9. The Morgan fingerprint density at radius 2 is 1.93 bits per heavy atom. The molecule has 0 unspecified atom stereocenters. The topological polar surface area (TPSA) is 120 Å². The van der Waals surface area contributed by atoms with Crippen LogP contribution in [0.25, 0.3) is 0 Å². The molecule has 1 aromatic heterocycles. The van der Waals surface area contributed by atoms with Crippen molar-refractivity contribution in [3.05, 3.63) is 77.7 Å². The number of amides is 3. The average Bonchev–Trinajstić information content (AvgIpc) is 3.58. The summed E-state index contributed by atoms with van der Waals surface area (Å²) in [6.07, 6.45) is 2.88. The number of benzene rings is 2. The molecular formula is C33H39N3O8. The molecule has 0 radical (unpaired) electrons. The van der Waals surface area contributed by atoms with E-state index in [1.807, 2.05) is 42.5 Å². The van der Waals surface area contributed by atoms with Gasteiger partial charge >= 0.3 is 0 Å². The lowest BCUT2D eigenvalue weighted by atomic mass is 10.0. The number of nitrogens with one attached hydrogen (secondary N) is 1. The standard InChI is InChI=1S/C33H39N3O8/c1-40-16-5-14-35-21-31(37)34-26-20-36(33(39)29-8-4-17-42-29)15-13-27(26)43-22-24-6-3-7-25(18-24)44-28-11-9-23(10-12-32(35)38)19-30(28)41-2/h3-4,6-9,11,17-19,26-27H,5,10,12-16,20-22H2,1-2H3,(H,34,37)/t26-,27+/m0/s1. The van der Waals surface area contributed by atoms with Crippen LogP contribution in [0.4, 0.5) is 0 Å². The van der Waals surface area contributed by atoms with Crippen molar-refractivity contribution in [3.63, 3.8) is 0 Å². The summed E-state index contributed by atoms with van der Waals surface area (Å²) in [5.41, 5.74) is 1.81. The van der Waals surface area contributed by atoms with E-state index in [4.69, 9.17) is 23.4 Å². The zero-order valence-electron chi connectivity index (χ0n) is 25.2. The van der Waals surface area contributed by atoms with Gasteiger partial charge in [-0.15, -0.1) is 0 Å². The minimum absolute atomic E-state index is 0.115. The van der Waals surface area contributed by atoms with Crippen LogP contribution >= 0.6 is 0 Å². The highest BCUT2D eigenvalue weighted by Crippen LogP contribution is 2.33. The number of rotatable bonds is 6. The van der Waals surface area contributed by atoms with E-state index in [2.05, 4.69) is 5.32 Å². The van der Waals surface area contributed by atoms with Gasteiger partial charge in [0.05, 0.1) is 38.7 Å². The minimum Gasteiger partial charge on any atom is -0.493 e. The number of hydrogen-bond donors (Lipinski definition) is 1. The number of nitrogens with zero attached hydrogens (tertiary/aromatic N) is 2. The molecule has 4 bridgehead atoms. The lowest BCUT2D eigenvalue weighted by molar-refractivity contribution is -0.137. The molecule has 1 N–H and O–H groups in total. The van der Waals surface area contributed by atoms with Crippen LogP contribution in [0.3, 0.4) is 0 Å². The highest BCUT2D eigenvalue weighted by Gasteiger charge is 2.35. The number of piperidine rings is 1. The fraction of sp³-hybridized carbons (Fsp3) is 0.424. The number of methoxy groups -OCH3 is 2. The Balaban J connectivity index is 1.41. The van der Waals surface area contributed by atoms with Crippen molar-refractivity contribution in [1.82, 2.24) is 15.1 Å². The quantitative estimate of drug-likeness (QED) is 0.422. The van der Waals surface area contributed by atoms with Gasteiger partial charge in [-0.2, -0.15) is 0 Å². The molecule has 11 heteroatoms. The van der Waals surface area contributed by atoms with Crippen LogP contribution in [-0.2, 0) is 32.1 Å². The number of carbonyl (C=O) groups is 3. The van der Waals surface area contributed by atoms with Crippen molar-refractivity contribution in [1.29, 1.82) is 0 Å². The Morgan fingerprint density at radius 3 is 2.73 bits per heavy atom. The van der Waals surface area contributed by atoms with Gasteiger partial charge in [0.15, 0.2) is 17.3 Å². The normalized spacial score (nSPS) is 19.7. The van der Waals surface area contributed by atoms with Gasteiger partial charge < -0.3 is 38.5 Å². The van der Waals surface area contributed by atoms with Crippen LogP contribution < -0.4 is 14.8 Å².